The summed E-state index contributed by atoms with van der Waals surface area (Å²) in [7, 11) is 0. The van der Waals surface area contributed by atoms with Gasteiger partial charge in [-0.25, -0.2) is 0 Å². The first kappa shape index (κ1) is 24.9. The highest BCUT2D eigenvalue weighted by atomic mass is 16.5. The number of carbonyl (C=O) groups is 2. The first-order valence-electron chi connectivity index (χ1n) is 10.8. The molecule has 1 atom stereocenters. The number of benzene rings is 1. The number of ether oxygens (including phenoxy) is 1. The van der Waals surface area contributed by atoms with Crippen molar-refractivity contribution in [3.05, 3.63) is 23.3 Å². The van der Waals surface area contributed by atoms with Crippen molar-refractivity contribution < 1.29 is 29.6 Å². The molecule has 1 aromatic rings. The standard InChI is InChI=1S/C23H36N2O6/c1-14(2)16-10-17(20(27)11-19(16)26)21(28)25-8-6-15(7-9-25)12-24-18(22(29)30)13-31-23(3,4)5/h10-11,14-15,18,24,26-27H,6-9,12-13H2,1-5H3,(H,29,30)/t18-/m0/s1. The van der Waals surface area contributed by atoms with E-state index in [0.29, 0.717) is 25.2 Å². The molecule has 0 unspecified atom stereocenters. The summed E-state index contributed by atoms with van der Waals surface area (Å²) in [5, 5.41) is 32.7. The Morgan fingerprint density at radius 2 is 1.77 bits per heavy atom. The molecule has 8 nitrogen and oxygen atoms in total. The van der Waals surface area contributed by atoms with E-state index in [4.69, 9.17) is 4.74 Å². The number of nitrogens with one attached hydrogen (secondary N) is 1. The summed E-state index contributed by atoms with van der Waals surface area (Å²) in [4.78, 5) is 26.1. The van der Waals surface area contributed by atoms with Crippen molar-refractivity contribution in [3.8, 4) is 11.5 Å². The van der Waals surface area contributed by atoms with Crippen LogP contribution in [0.5, 0.6) is 11.5 Å². The molecule has 1 aliphatic heterocycles. The van der Waals surface area contributed by atoms with Gasteiger partial charge in [-0.05, 0) is 63.6 Å². The van der Waals surface area contributed by atoms with Gasteiger partial charge in [0.05, 0.1) is 17.8 Å². The smallest absolute Gasteiger partial charge is 0.323 e. The number of hydrogen-bond acceptors (Lipinski definition) is 6. The highest BCUT2D eigenvalue weighted by Gasteiger charge is 2.28. The Morgan fingerprint density at radius 3 is 2.29 bits per heavy atom. The molecule has 0 bridgehead atoms. The quantitative estimate of drug-likeness (QED) is 0.495. The van der Waals surface area contributed by atoms with Gasteiger partial charge in [-0.2, -0.15) is 0 Å². The van der Waals surface area contributed by atoms with Crippen LogP contribution >= 0.6 is 0 Å². The maximum Gasteiger partial charge on any atom is 0.323 e. The highest BCUT2D eigenvalue weighted by Crippen LogP contribution is 2.33. The molecule has 1 aliphatic rings. The molecule has 1 fully saturated rings. The molecule has 2 rings (SSSR count). The predicted molar refractivity (Wildman–Crippen MR) is 118 cm³/mol. The van der Waals surface area contributed by atoms with Crippen LogP contribution in [0.1, 0.15) is 69.3 Å². The van der Waals surface area contributed by atoms with E-state index in [2.05, 4.69) is 5.32 Å². The third-order valence-electron chi connectivity index (χ3n) is 5.53. The Bertz CT molecular complexity index is 779. The Labute approximate surface area is 184 Å². The molecule has 1 aromatic carbocycles. The van der Waals surface area contributed by atoms with Gasteiger partial charge in [-0.3, -0.25) is 9.59 Å². The summed E-state index contributed by atoms with van der Waals surface area (Å²) in [6.45, 7) is 11.2. The van der Waals surface area contributed by atoms with E-state index in [1.165, 1.54) is 6.07 Å². The molecule has 0 radical (unpaired) electrons. The zero-order chi connectivity index (χ0) is 23.3. The fraction of sp³-hybridized carbons (Fsp3) is 0.652. The minimum atomic E-state index is -0.944. The summed E-state index contributed by atoms with van der Waals surface area (Å²) >= 11 is 0. The molecule has 0 saturated carbocycles. The molecule has 174 valence electrons. The van der Waals surface area contributed by atoms with Crippen LogP contribution in [0.3, 0.4) is 0 Å². The lowest BCUT2D eigenvalue weighted by atomic mass is 9.94. The van der Waals surface area contributed by atoms with Gasteiger partial charge < -0.3 is 30.3 Å². The fourth-order valence-corrected chi connectivity index (χ4v) is 3.60. The van der Waals surface area contributed by atoms with Gasteiger partial charge in [-0.15, -0.1) is 0 Å². The molecule has 31 heavy (non-hydrogen) atoms. The number of piperidine rings is 1. The number of aliphatic carboxylic acids is 1. The lowest BCUT2D eigenvalue weighted by molar-refractivity contribution is -0.142. The first-order valence-corrected chi connectivity index (χ1v) is 10.8. The monoisotopic (exact) mass is 436 g/mol. The second kappa shape index (κ2) is 10.3. The maximum absolute atomic E-state index is 12.9. The molecule has 4 N–H and O–H groups in total. The number of aromatic hydroxyl groups is 2. The zero-order valence-corrected chi connectivity index (χ0v) is 19.1. The number of phenolic OH excluding ortho intramolecular Hbond substituents is 2. The second-order valence-corrected chi connectivity index (χ2v) is 9.54. The highest BCUT2D eigenvalue weighted by molar-refractivity contribution is 5.97. The number of carbonyl (C=O) groups excluding carboxylic acids is 1. The first-order chi connectivity index (χ1) is 14.4. The van der Waals surface area contributed by atoms with Gasteiger partial charge in [0.25, 0.3) is 5.91 Å². The Kier molecular flexibility index (Phi) is 8.31. The van der Waals surface area contributed by atoms with Crippen molar-refractivity contribution in [1.29, 1.82) is 0 Å². The summed E-state index contributed by atoms with van der Waals surface area (Å²) in [6, 6.07) is 2.02. The molecular weight excluding hydrogens is 400 g/mol. The van der Waals surface area contributed by atoms with Gasteiger partial charge >= 0.3 is 5.97 Å². The molecule has 1 heterocycles. The van der Waals surface area contributed by atoms with E-state index in [-0.39, 0.29) is 41.4 Å². The summed E-state index contributed by atoms with van der Waals surface area (Å²) in [5.74, 6) is -1.17. The lowest BCUT2D eigenvalue weighted by Crippen LogP contribution is -2.46. The summed E-state index contributed by atoms with van der Waals surface area (Å²) in [5.41, 5.74) is 0.414. The third-order valence-corrected chi connectivity index (χ3v) is 5.53. The maximum atomic E-state index is 12.9. The van der Waals surface area contributed by atoms with Gasteiger partial charge in [0.1, 0.15) is 17.5 Å². The number of likely N-dealkylation sites (tertiary alicyclic amines) is 1. The topological polar surface area (TPSA) is 119 Å². The number of carboxylic acid groups (broad SMARTS) is 1. The van der Waals surface area contributed by atoms with Gasteiger partial charge in [0.2, 0.25) is 0 Å². The molecule has 0 aliphatic carbocycles. The molecule has 8 heteroatoms. The van der Waals surface area contributed by atoms with Crippen LogP contribution in [0.25, 0.3) is 0 Å². The van der Waals surface area contributed by atoms with Gasteiger partial charge in [0, 0.05) is 19.2 Å². The number of hydrogen-bond donors (Lipinski definition) is 4. The van der Waals surface area contributed by atoms with Crippen LogP contribution in [0.2, 0.25) is 0 Å². The third kappa shape index (κ3) is 7.11. The van der Waals surface area contributed by atoms with Crippen molar-refractivity contribution in [2.45, 2.75) is 65.0 Å². The number of rotatable bonds is 8. The van der Waals surface area contributed by atoms with E-state index in [1.807, 2.05) is 34.6 Å². The average molecular weight is 437 g/mol. The predicted octanol–water partition coefficient (Wildman–Crippen LogP) is 2.93. The van der Waals surface area contributed by atoms with Gasteiger partial charge in [0.15, 0.2) is 0 Å². The van der Waals surface area contributed by atoms with Crippen molar-refractivity contribution in [2.24, 2.45) is 5.92 Å². The van der Waals surface area contributed by atoms with Crippen molar-refractivity contribution >= 4 is 11.9 Å². The van der Waals surface area contributed by atoms with Crippen molar-refractivity contribution in [1.82, 2.24) is 10.2 Å². The van der Waals surface area contributed by atoms with E-state index >= 15 is 0 Å². The average Bonchev–Trinajstić information content (AvgIpc) is 2.66. The van der Waals surface area contributed by atoms with E-state index in [0.717, 1.165) is 12.8 Å². The minimum Gasteiger partial charge on any atom is -0.508 e. The zero-order valence-electron chi connectivity index (χ0n) is 19.1. The number of carboxylic acids is 1. The normalized spacial score (nSPS) is 16.5. The molecule has 1 saturated heterocycles. The Hall–Kier alpha value is -2.32. The van der Waals surface area contributed by atoms with Crippen LogP contribution in [0.15, 0.2) is 12.1 Å². The number of phenols is 2. The van der Waals surface area contributed by atoms with E-state index in [9.17, 15) is 24.9 Å². The van der Waals surface area contributed by atoms with Crippen LogP contribution in [-0.4, -0.2) is 70.0 Å². The molecular formula is C23H36N2O6. The van der Waals surface area contributed by atoms with Crippen LogP contribution < -0.4 is 5.32 Å². The number of amides is 1. The largest absolute Gasteiger partial charge is 0.508 e. The van der Waals surface area contributed by atoms with Crippen LogP contribution in [-0.2, 0) is 9.53 Å². The Morgan fingerprint density at radius 1 is 1.16 bits per heavy atom. The van der Waals surface area contributed by atoms with Crippen molar-refractivity contribution in [3.63, 3.8) is 0 Å². The van der Waals surface area contributed by atoms with Crippen molar-refractivity contribution in [2.75, 3.05) is 26.2 Å². The minimum absolute atomic E-state index is 0.0164. The van der Waals surface area contributed by atoms with E-state index in [1.54, 1.807) is 11.0 Å². The van der Waals surface area contributed by atoms with Crippen LogP contribution in [0.4, 0.5) is 0 Å². The summed E-state index contributed by atoms with van der Waals surface area (Å²) in [6.07, 6.45) is 1.47. The fourth-order valence-electron chi connectivity index (χ4n) is 3.60. The van der Waals surface area contributed by atoms with Crippen LogP contribution in [0, 0.1) is 5.92 Å². The molecule has 0 aromatic heterocycles. The van der Waals surface area contributed by atoms with Gasteiger partial charge in [-0.1, -0.05) is 13.8 Å². The molecule has 1 amide bonds. The SMILES string of the molecule is CC(C)c1cc(C(=O)N2CCC(CN[C@@H](COC(C)(C)C)C(=O)O)CC2)c(O)cc1O. The molecule has 0 spiro atoms. The van der Waals surface area contributed by atoms with E-state index < -0.39 is 17.6 Å². The lowest BCUT2D eigenvalue weighted by Gasteiger charge is -2.33. The second-order valence-electron chi connectivity index (χ2n) is 9.54. The Balaban J connectivity index is 1.91. The number of nitrogens with zero attached hydrogens (tertiary/aromatic N) is 1. The summed E-state index contributed by atoms with van der Waals surface area (Å²) < 4.78 is 5.60.